The SMILES string of the molecule is CC1=CCCN(S(=O)(=O)c2c(Cl)cccc2Br)C1. The summed E-state index contributed by atoms with van der Waals surface area (Å²) in [6.45, 7) is 2.86. The lowest BCUT2D eigenvalue weighted by atomic mass is 10.2. The highest BCUT2D eigenvalue weighted by atomic mass is 79.9. The molecule has 1 heterocycles. The van der Waals surface area contributed by atoms with E-state index >= 15 is 0 Å². The minimum atomic E-state index is -3.54. The van der Waals surface area contributed by atoms with Gasteiger partial charge < -0.3 is 0 Å². The Bertz CT molecular complexity index is 578. The van der Waals surface area contributed by atoms with Crippen molar-refractivity contribution in [3.8, 4) is 0 Å². The molecule has 0 unspecified atom stereocenters. The van der Waals surface area contributed by atoms with Crippen molar-refractivity contribution in [2.45, 2.75) is 18.2 Å². The van der Waals surface area contributed by atoms with Gasteiger partial charge in [-0.25, -0.2) is 8.42 Å². The van der Waals surface area contributed by atoms with Crippen LogP contribution in [-0.4, -0.2) is 25.8 Å². The molecule has 0 radical (unpaired) electrons. The van der Waals surface area contributed by atoms with Gasteiger partial charge in [0.15, 0.2) is 0 Å². The third kappa shape index (κ3) is 2.64. The summed E-state index contributed by atoms with van der Waals surface area (Å²) < 4.78 is 27.1. The normalized spacial score (nSPS) is 17.6. The quantitative estimate of drug-likeness (QED) is 0.766. The van der Waals surface area contributed by atoms with Crippen molar-refractivity contribution >= 4 is 37.6 Å². The van der Waals surface area contributed by atoms with Crippen LogP contribution in [0.25, 0.3) is 0 Å². The van der Waals surface area contributed by atoms with Crippen LogP contribution in [0, 0.1) is 0 Å². The van der Waals surface area contributed by atoms with Crippen LogP contribution in [0.1, 0.15) is 13.3 Å². The summed E-state index contributed by atoms with van der Waals surface area (Å²) >= 11 is 9.28. The Hall–Kier alpha value is -0.360. The van der Waals surface area contributed by atoms with Crippen LogP contribution in [0.15, 0.2) is 39.2 Å². The molecule has 0 spiro atoms. The summed E-state index contributed by atoms with van der Waals surface area (Å²) in [7, 11) is -3.54. The van der Waals surface area contributed by atoms with Gasteiger partial charge in [0.2, 0.25) is 10.0 Å². The largest absolute Gasteiger partial charge is 0.245 e. The van der Waals surface area contributed by atoms with Crippen LogP contribution in [0.5, 0.6) is 0 Å². The molecule has 0 saturated heterocycles. The van der Waals surface area contributed by atoms with E-state index in [1.54, 1.807) is 18.2 Å². The molecule has 0 bridgehead atoms. The standard InChI is InChI=1S/C12H13BrClNO2S/c1-9-4-3-7-15(8-9)18(16,17)12-10(13)5-2-6-11(12)14/h2,4-6H,3,7-8H2,1H3. The van der Waals surface area contributed by atoms with Gasteiger partial charge in [-0.15, -0.1) is 0 Å². The molecule has 2 rings (SSSR count). The van der Waals surface area contributed by atoms with Gasteiger partial charge in [-0.05, 0) is 41.4 Å². The maximum absolute atomic E-state index is 12.6. The molecule has 0 N–H and O–H groups in total. The molecular formula is C12H13BrClNO2S. The molecule has 0 aliphatic carbocycles. The molecule has 6 heteroatoms. The molecule has 0 aromatic heterocycles. The first-order chi connectivity index (χ1) is 8.43. The van der Waals surface area contributed by atoms with E-state index in [1.807, 2.05) is 6.92 Å². The molecule has 18 heavy (non-hydrogen) atoms. The minimum Gasteiger partial charge on any atom is -0.207 e. The molecule has 98 valence electrons. The summed E-state index contributed by atoms with van der Waals surface area (Å²) in [6, 6.07) is 4.99. The lowest BCUT2D eigenvalue weighted by Crippen LogP contribution is -2.35. The molecule has 1 aliphatic heterocycles. The highest BCUT2D eigenvalue weighted by Gasteiger charge is 2.29. The maximum Gasteiger partial charge on any atom is 0.245 e. The van der Waals surface area contributed by atoms with Crippen LogP contribution in [-0.2, 0) is 10.0 Å². The number of hydrogen-bond donors (Lipinski definition) is 0. The van der Waals surface area contributed by atoms with Crippen molar-refractivity contribution in [3.05, 3.63) is 39.3 Å². The Morgan fingerprint density at radius 2 is 2.11 bits per heavy atom. The van der Waals surface area contributed by atoms with Crippen molar-refractivity contribution in [2.24, 2.45) is 0 Å². The minimum absolute atomic E-state index is 0.154. The van der Waals surface area contributed by atoms with Crippen molar-refractivity contribution in [3.63, 3.8) is 0 Å². The predicted molar refractivity (Wildman–Crippen MR) is 76.3 cm³/mol. The summed E-state index contributed by atoms with van der Waals surface area (Å²) in [5.74, 6) is 0. The monoisotopic (exact) mass is 349 g/mol. The van der Waals surface area contributed by atoms with Crippen LogP contribution in [0.2, 0.25) is 5.02 Å². The van der Waals surface area contributed by atoms with Gasteiger partial charge in [-0.3, -0.25) is 0 Å². The van der Waals surface area contributed by atoms with E-state index < -0.39 is 10.0 Å². The lowest BCUT2D eigenvalue weighted by Gasteiger charge is -2.26. The highest BCUT2D eigenvalue weighted by Crippen LogP contribution is 2.32. The van der Waals surface area contributed by atoms with E-state index in [0.717, 1.165) is 12.0 Å². The second-order valence-corrected chi connectivity index (χ2v) is 7.36. The van der Waals surface area contributed by atoms with Crippen molar-refractivity contribution in [2.75, 3.05) is 13.1 Å². The average molecular weight is 351 g/mol. The molecule has 0 atom stereocenters. The van der Waals surface area contributed by atoms with E-state index in [0.29, 0.717) is 17.6 Å². The van der Waals surface area contributed by atoms with Gasteiger partial charge >= 0.3 is 0 Å². The second kappa shape index (κ2) is 5.33. The van der Waals surface area contributed by atoms with Crippen LogP contribution in [0.4, 0.5) is 0 Å². The van der Waals surface area contributed by atoms with Crippen LogP contribution in [0.3, 0.4) is 0 Å². The van der Waals surface area contributed by atoms with Gasteiger partial charge in [0.25, 0.3) is 0 Å². The third-order valence-corrected chi connectivity index (χ3v) is 6.11. The zero-order valence-corrected chi connectivity index (χ0v) is 13.0. The number of halogens is 2. The molecular weight excluding hydrogens is 338 g/mol. The van der Waals surface area contributed by atoms with Gasteiger partial charge in [-0.2, -0.15) is 4.31 Å². The lowest BCUT2D eigenvalue weighted by molar-refractivity contribution is 0.427. The number of nitrogens with zero attached hydrogens (tertiary/aromatic N) is 1. The van der Waals surface area contributed by atoms with Crippen molar-refractivity contribution in [1.29, 1.82) is 0 Å². The molecule has 1 aromatic carbocycles. The summed E-state index contributed by atoms with van der Waals surface area (Å²) in [5.41, 5.74) is 1.06. The average Bonchev–Trinajstić information content (AvgIpc) is 2.28. The summed E-state index contributed by atoms with van der Waals surface area (Å²) in [5, 5.41) is 0.247. The fourth-order valence-electron chi connectivity index (χ4n) is 1.94. The number of sulfonamides is 1. The Morgan fingerprint density at radius 3 is 2.72 bits per heavy atom. The van der Waals surface area contributed by atoms with E-state index in [4.69, 9.17) is 11.6 Å². The molecule has 0 amide bonds. The first-order valence-corrected chi connectivity index (χ1v) is 8.14. The predicted octanol–water partition coefficient (Wildman–Crippen LogP) is 3.44. The third-order valence-electron chi connectivity index (χ3n) is 2.81. The number of hydrogen-bond acceptors (Lipinski definition) is 2. The number of benzene rings is 1. The van der Waals surface area contributed by atoms with Gasteiger partial charge in [-0.1, -0.05) is 29.3 Å². The smallest absolute Gasteiger partial charge is 0.207 e. The Balaban J connectivity index is 2.46. The highest BCUT2D eigenvalue weighted by molar-refractivity contribution is 9.10. The van der Waals surface area contributed by atoms with Gasteiger partial charge in [0.05, 0.1) is 5.02 Å². The zero-order valence-electron chi connectivity index (χ0n) is 9.86. The van der Waals surface area contributed by atoms with Crippen molar-refractivity contribution < 1.29 is 8.42 Å². The molecule has 3 nitrogen and oxygen atoms in total. The van der Waals surface area contributed by atoms with Crippen LogP contribution < -0.4 is 0 Å². The second-order valence-electron chi connectivity index (χ2n) is 4.23. The van der Waals surface area contributed by atoms with Gasteiger partial charge in [0.1, 0.15) is 4.90 Å². The Kier molecular flexibility index (Phi) is 4.16. The molecule has 0 fully saturated rings. The maximum atomic E-state index is 12.6. The molecule has 1 aliphatic rings. The van der Waals surface area contributed by atoms with E-state index in [-0.39, 0.29) is 9.92 Å². The van der Waals surface area contributed by atoms with Crippen LogP contribution >= 0.6 is 27.5 Å². The summed E-state index contributed by atoms with van der Waals surface area (Å²) in [6.07, 6.45) is 2.81. The number of rotatable bonds is 2. The zero-order chi connectivity index (χ0) is 13.3. The topological polar surface area (TPSA) is 37.4 Å². The van der Waals surface area contributed by atoms with E-state index in [2.05, 4.69) is 22.0 Å². The Labute approximate surface area is 121 Å². The molecule has 0 saturated carbocycles. The van der Waals surface area contributed by atoms with E-state index in [9.17, 15) is 8.42 Å². The Morgan fingerprint density at radius 1 is 1.39 bits per heavy atom. The van der Waals surface area contributed by atoms with Crippen molar-refractivity contribution in [1.82, 2.24) is 4.31 Å². The summed E-state index contributed by atoms with van der Waals surface area (Å²) in [4.78, 5) is 0.154. The van der Waals surface area contributed by atoms with Gasteiger partial charge in [0, 0.05) is 17.6 Å². The molecule has 1 aromatic rings. The fourth-order valence-corrected chi connectivity index (χ4v) is 5.11. The fraction of sp³-hybridized carbons (Fsp3) is 0.333. The van der Waals surface area contributed by atoms with E-state index in [1.165, 1.54) is 4.31 Å². The first kappa shape index (κ1) is 14.1. The first-order valence-electron chi connectivity index (χ1n) is 5.52.